The fourth-order valence-corrected chi connectivity index (χ4v) is 1.05. The molecule has 0 aliphatic carbocycles. The molecule has 0 aromatic carbocycles. The van der Waals surface area contributed by atoms with E-state index in [4.69, 9.17) is 20.1 Å². The van der Waals surface area contributed by atoms with E-state index in [-0.39, 0.29) is 6.61 Å². The molecule has 1 heterocycles. The molecule has 1 rings (SSSR count). The molecule has 82 valence electrons. The zero-order valence-corrected chi connectivity index (χ0v) is 7.24. The third-order valence-electron chi connectivity index (χ3n) is 1.83. The van der Waals surface area contributed by atoms with E-state index in [0.717, 1.165) is 0 Å². The van der Waals surface area contributed by atoms with Crippen LogP contribution in [-0.2, 0) is 14.3 Å². The molecule has 7 nitrogen and oxygen atoms in total. The van der Waals surface area contributed by atoms with Crippen molar-refractivity contribution >= 4 is 5.97 Å². The molecule has 4 atom stereocenters. The molecule has 1 saturated heterocycles. The number of hydrogen-bond donors (Lipinski definition) is 4. The van der Waals surface area contributed by atoms with Crippen molar-refractivity contribution in [2.24, 2.45) is 0 Å². The van der Waals surface area contributed by atoms with Crippen LogP contribution in [0, 0.1) is 0 Å². The van der Waals surface area contributed by atoms with E-state index in [1.54, 1.807) is 0 Å². The van der Waals surface area contributed by atoms with Gasteiger partial charge in [-0.05, 0) is 0 Å². The summed E-state index contributed by atoms with van der Waals surface area (Å²) in [6.07, 6.45) is -5.52. The number of carbonyl (C=O) groups excluding carboxylic acids is 1. The molecule has 1 aliphatic rings. The van der Waals surface area contributed by atoms with Gasteiger partial charge in [-0.15, -0.1) is 0 Å². The van der Waals surface area contributed by atoms with Crippen LogP contribution in [0.3, 0.4) is 0 Å². The first kappa shape index (κ1) is 11.3. The van der Waals surface area contributed by atoms with Crippen LogP contribution < -0.4 is 0 Å². The maximum atomic E-state index is 10.6. The summed E-state index contributed by atoms with van der Waals surface area (Å²) in [7, 11) is 0. The van der Waals surface area contributed by atoms with E-state index >= 15 is 0 Å². The fraction of sp³-hybridized carbons (Fsp3) is 0.857. The molecular formula is C7H12O7. The highest BCUT2D eigenvalue weighted by atomic mass is 16.7. The molecule has 0 saturated carbocycles. The molecule has 7 heteroatoms. The van der Waals surface area contributed by atoms with Crippen LogP contribution in [0.25, 0.3) is 0 Å². The van der Waals surface area contributed by atoms with E-state index in [0.29, 0.717) is 0 Å². The summed E-state index contributed by atoms with van der Waals surface area (Å²) in [4.78, 5) is 10.6. The maximum absolute atomic E-state index is 10.6. The van der Waals surface area contributed by atoms with Gasteiger partial charge in [-0.1, -0.05) is 0 Å². The van der Waals surface area contributed by atoms with Crippen molar-refractivity contribution in [1.82, 2.24) is 0 Å². The van der Waals surface area contributed by atoms with Crippen molar-refractivity contribution in [1.29, 1.82) is 0 Å². The largest absolute Gasteiger partial charge is 0.431 e. The van der Waals surface area contributed by atoms with Gasteiger partial charge in [0, 0.05) is 0 Å². The first-order valence-corrected chi connectivity index (χ1v) is 4.02. The van der Waals surface area contributed by atoms with Crippen LogP contribution in [0.4, 0.5) is 0 Å². The Morgan fingerprint density at radius 1 is 1.36 bits per heavy atom. The number of aliphatic hydroxyl groups is 4. The summed E-state index contributed by atoms with van der Waals surface area (Å²) in [6.45, 7) is -1.09. The van der Waals surface area contributed by atoms with Crippen molar-refractivity contribution in [2.75, 3.05) is 13.2 Å². The highest BCUT2D eigenvalue weighted by molar-refractivity contribution is 5.70. The van der Waals surface area contributed by atoms with E-state index in [9.17, 15) is 9.90 Å². The van der Waals surface area contributed by atoms with Gasteiger partial charge in [0.05, 0.1) is 6.61 Å². The Labute approximate surface area is 79.5 Å². The Balaban J connectivity index is 2.50. The van der Waals surface area contributed by atoms with Gasteiger partial charge in [0.25, 0.3) is 0 Å². The lowest BCUT2D eigenvalue weighted by Crippen LogP contribution is -2.54. The van der Waals surface area contributed by atoms with Crippen LogP contribution in [0.2, 0.25) is 0 Å². The average Bonchev–Trinajstić information content (AvgIpc) is 2.19. The van der Waals surface area contributed by atoms with Crippen molar-refractivity contribution in [3.63, 3.8) is 0 Å². The second kappa shape index (κ2) is 4.67. The molecule has 0 spiro atoms. The molecule has 0 unspecified atom stereocenters. The zero-order valence-electron chi connectivity index (χ0n) is 7.24. The monoisotopic (exact) mass is 208 g/mol. The number of hydrogen-bond acceptors (Lipinski definition) is 7. The van der Waals surface area contributed by atoms with E-state index in [1.807, 2.05) is 0 Å². The number of rotatable bonds is 2. The predicted octanol–water partition coefficient (Wildman–Crippen LogP) is -3.04. The summed E-state index contributed by atoms with van der Waals surface area (Å²) in [5.41, 5.74) is 0. The molecule has 1 aliphatic heterocycles. The molecular weight excluding hydrogens is 196 g/mol. The van der Waals surface area contributed by atoms with Crippen LogP contribution >= 0.6 is 0 Å². The smallest absolute Gasteiger partial charge is 0.334 e. The summed E-state index contributed by atoms with van der Waals surface area (Å²) in [6, 6.07) is 0. The molecule has 1 fully saturated rings. The minimum absolute atomic E-state index is 0.248. The van der Waals surface area contributed by atoms with E-state index in [2.05, 4.69) is 4.74 Å². The molecule has 0 radical (unpaired) electrons. The van der Waals surface area contributed by atoms with Gasteiger partial charge in [0.2, 0.25) is 6.29 Å². The zero-order chi connectivity index (χ0) is 10.7. The quantitative estimate of drug-likeness (QED) is 0.356. The van der Waals surface area contributed by atoms with Crippen LogP contribution in [0.5, 0.6) is 0 Å². The lowest BCUT2D eigenvalue weighted by molar-refractivity contribution is -0.263. The van der Waals surface area contributed by atoms with Gasteiger partial charge in [-0.25, -0.2) is 4.79 Å². The number of carbonyl (C=O) groups is 1. The SMILES string of the molecule is O=C(CO)O[C@@H]1OC[C@@H](O)[C@H](O)[C@H]1O. The topological polar surface area (TPSA) is 116 Å². The Hall–Kier alpha value is -0.730. The van der Waals surface area contributed by atoms with Gasteiger partial charge in [-0.3, -0.25) is 0 Å². The van der Waals surface area contributed by atoms with Gasteiger partial charge >= 0.3 is 5.97 Å². The highest BCUT2D eigenvalue weighted by Crippen LogP contribution is 2.16. The van der Waals surface area contributed by atoms with Crippen LogP contribution in [-0.4, -0.2) is 64.2 Å². The highest BCUT2D eigenvalue weighted by Gasteiger charge is 2.39. The average molecular weight is 208 g/mol. The van der Waals surface area contributed by atoms with Gasteiger partial charge in [0.15, 0.2) is 0 Å². The third-order valence-corrected chi connectivity index (χ3v) is 1.83. The van der Waals surface area contributed by atoms with Gasteiger partial charge in [0.1, 0.15) is 24.9 Å². The fourth-order valence-electron chi connectivity index (χ4n) is 1.05. The minimum atomic E-state index is -1.52. The van der Waals surface area contributed by atoms with Crippen molar-refractivity contribution in [3.05, 3.63) is 0 Å². The summed E-state index contributed by atoms with van der Waals surface area (Å²) < 4.78 is 9.17. The maximum Gasteiger partial charge on any atom is 0.334 e. The standard InChI is InChI=1S/C7H12O7/c8-1-4(10)14-7-6(12)5(11)3(9)2-13-7/h3,5-9,11-12H,1-2H2/t3-,5+,6-,7+/m1/s1. The predicted molar refractivity (Wildman–Crippen MR) is 40.9 cm³/mol. The molecule has 0 aromatic rings. The second-order valence-corrected chi connectivity index (χ2v) is 2.90. The Bertz CT molecular complexity index is 206. The van der Waals surface area contributed by atoms with Crippen molar-refractivity contribution < 1.29 is 34.7 Å². The number of aliphatic hydroxyl groups excluding tert-OH is 4. The third kappa shape index (κ3) is 2.40. The Morgan fingerprint density at radius 2 is 2.00 bits per heavy atom. The van der Waals surface area contributed by atoms with Gasteiger partial charge < -0.3 is 29.9 Å². The van der Waals surface area contributed by atoms with Gasteiger partial charge in [-0.2, -0.15) is 0 Å². The molecule has 0 bridgehead atoms. The normalized spacial score (nSPS) is 38.0. The lowest BCUT2D eigenvalue weighted by atomic mass is 10.1. The summed E-state index contributed by atoms with van der Waals surface area (Å²) >= 11 is 0. The summed E-state index contributed by atoms with van der Waals surface area (Å²) in [5, 5.41) is 35.8. The molecule has 4 N–H and O–H groups in total. The Morgan fingerprint density at radius 3 is 2.57 bits per heavy atom. The number of ether oxygens (including phenoxy) is 2. The van der Waals surface area contributed by atoms with E-state index in [1.165, 1.54) is 0 Å². The molecule has 0 amide bonds. The van der Waals surface area contributed by atoms with Crippen LogP contribution in [0.15, 0.2) is 0 Å². The van der Waals surface area contributed by atoms with E-state index < -0.39 is 37.2 Å². The van der Waals surface area contributed by atoms with Crippen LogP contribution in [0.1, 0.15) is 0 Å². The summed E-state index contributed by atoms with van der Waals surface area (Å²) in [5.74, 6) is -0.974. The Kier molecular flexibility index (Phi) is 3.78. The first-order valence-electron chi connectivity index (χ1n) is 4.02. The second-order valence-electron chi connectivity index (χ2n) is 2.90. The molecule has 0 aromatic heterocycles. The number of esters is 1. The first-order chi connectivity index (χ1) is 6.56. The lowest BCUT2D eigenvalue weighted by Gasteiger charge is -2.34. The molecule has 14 heavy (non-hydrogen) atoms. The minimum Gasteiger partial charge on any atom is -0.431 e. The van der Waals surface area contributed by atoms with Crippen molar-refractivity contribution in [2.45, 2.75) is 24.6 Å². The van der Waals surface area contributed by atoms with Crippen molar-refractivity contribution in [3.8, 4) is 0 Å².